The molecule has 0 aliphatic heterocycles. The second-order valence-corrected chi connectivity index (χ2v) is 8.95. The van der Waals surface area contributed by atoms with Crippen molar-refractivity contribution in [1.82, 2.24) is 10.3 Å². The number of hydrogen-bond donors (Lipinski definition) is 1. The number of sulfone groups is 1. The van der Waals surface area contributed by atoms with E-state index in [1.54, 1.807) is 13.0 Å². The van der Waals surface area contributed by atoms with Crippen molar-refractivity contribution in [2.24, 2.45) is 0 Å². The highest BCUT2D eigenvalue weighted by atomic mass is 32.2. The number of allylic oxidation sites excluding steroid dienone is 2. The predicted molar refractivity (Wildman–Crippen MR) is 113 cm³/mol. The number of nitrogens with zero attached hydrogens (tertiary/aromatic N) is 1. The van der Waals surface area contributed by atoms with E-state index in [1.165, 1.54) is 12.3 Å². The van der Waals surface area contributed by atoms with Crippen LogP contribution in [0.15, 0.2) is 60.2 Å². The van der Waals surface area contributed by atoms with Crippen molar-refractivity contribution in [3.63, 3.8) is 0 Å². The topological polar surface area (TPSA) is 85.4 Å². The molecule has 0 fully saturated rings. The summed E-state index contributed by atoms with van der Waals surface area (Å²) in [6, 6.07) is 10.5. The highest BCUT2D eigenvalue weighted by molar-refractivity contribution is 7.93. The van der Waals surface area contributed by atoms with E-state index in [0.29, 0.717) is 11.5 Å². The van der Waals surface area contributed by atoms with Crippen LogP contribution >= 0.6 is 0 Å². The lowest BCUT2D eigenvalue weighted by atomic mass is 10.1. The summed E-state index contributed by atoms with van der Waals surface area (Å²) in [5.74, 6) is 0.635. The molecular formula is C22H24N2O4S. The molecule has 0 saturated carbocycles. The molecule has 1 unspecified atom stereocenters. The number of carbonyl (C=O) groups is 1. The number of ether oxygens (including phenoxy) is 1. The van der Waals surface area contributed by atoms with Gasteiger partial charge in [0.15, 0.2) is 9.84 Å². The summed E-state index contributed by atoms with van der Waals surface area (Å²) in [7, 11) is -3.26. The van der Waals surface area contributed by atoms with Gasteiger partial charge in [-0.2, -0.15) is 0 Å². The minimum Gasteiger partial charge on any atom is -0.456 e. The van der Waals surface area contributed by atoms with Crippen molar-refractivity contribution >= 4 is 21.3 Å². The predicted octanol–water partition coefficient (Wildman–Crippen LogP) is 4.12. The number of aromatic nitrogens is 1. The lowest BCUT2D eigenvalue weighted by Gasteiger charge is -2.15. The van der Waals surface area contributed by atoms with Crippen molar-refractivity contribution < 1.29 is 17.9 Å². The minimum atomic E-state index is -3.26. The summed E-state index contributed by atoms with van der Waals surface area (Å²) < 4.78 is 28.5. The van der Waals surface area contributed by atoms with E-state index < -0.39 is 15.9 Å². The smallest absolute Gasteiger partial charge is 0.257 e. The van der Waals surface area contributed by atoms with Gasteiger partial charge >= 0.3 is 0 Å². The van der Waals surface area contributed by atoms with Gasteiger partial charge in [-0.15, -0.1) is 0 Å². The first-order valence-electron chi connectivity index (χ1n) is 9.43. The molecule has 3 rings (SSSR count). The highest BCUT2D eigenvalue weighted by Crippen LogP contribution is 2.32. The molecule has 1 atom stereocenters. The van der Waals surface area contributed by atoms with Crippen LogP contribution in [0.25, 0.3) is 5.57 Å². The Bertz CT molecular complexity index is 1040. The zero-order chi connectivity index (χ0) is 20.9. The van der Waals surface area contributed by atoms with Gasteiger partial charge in [0.25, 0.3) is 5.91 Å². The molecule has 0 spiro atoms. The maximum Gasteiger partial charge on any atom is 0.257 e. The van der Waals surface area contributed by atoms with Crippen molar-refractivity contribution in [3.8, 4) is 11.5 Å². The van der Waals surface area contributed by atoms with Crippen LogP contribution in [0.3, 0.4) is 0 Å². The van der Waals surface area contributed by atoms with Gasteiger partial charge in [-0.05, 0) is 43.9 Å². The minimum absolute atomic E-state index is 0.288. The zero-order valence-corrected chi connectivity index (χ0v) is 17.3. The van der Waals surface area contributed by atoms with Crippen LogP contribution in [-0.4, -0.2) is 31.6 Å². The third-order valence-corrected chi connectivity index (χ3v) is 5.08. The maximum atomic E-state index is 12.8. The Balaban J connectivity index is 1.87. The molecule has 152 valence electrons. The van der Waals surface area contributed by atoms with E-state index in [4.69, 9.17) is 4.74 Å². The molecule has 1 heterocycles. The van der Waals surface area contributed by atoms with Gasteiger partial charge in [0.05, 0.1) is 5.69 Å². The standard InChI is InChI=1S/C22H24N2O4S/c1-16(12-13-29(2,26)27)24-22(25)19-15-23-20(17-8-6-7-9-17)14-21(19)28-18-10-4-3-5-11-18/h3-5,8,10-16H,6-7,9H2,1-2H3,(H,24,25). The van der Waals surface area contributed by atoms with E-state index in [1.807, 2.05) is 30.3 Å². The van der Waals surface area contributed by atoms with Gasteiger partial charge in [0.2, 0.25) is 0 Å². The third-order valence-electron chi connectivity index (χ3n) is 4.42. The molecule has 6 nitrogen and oxygen atoms in total. The molecule has 0 saturated heterocycles. The molecule has 1 N–H and O–H groups in total. The zero-order valence-electron chi connectivity index (χ0n) is 16.5. The number of rotatable bonds is 7. The summed E-state index contributed by atoms with van der Waals surface area (Å²) in [5, 5.41) is 3.84. The molecular weight excluding hydrogens is 388 g/mol. The number of benzene rings is 1. The summed E-state index contributed by atoms with van der Waals surface area (Å²) in [6.07, 6.45) is 9.27. The number of amides is 1. The molecule has 1 aromatic heterocycles. The summed E-state index contributed by atoms with van der Waals surface area (Å²) in [5.41, 5.74) is 2.24. The third kappa shape index (κ3) is 6.02. The van der Waals surface area contributed by atoms with Crippen molar-refractivity contribution in [2.75, 3.05) is 6.26 Å². The van der Waals surface area contributed by atoms with Crippen LogP contribution in [0.1, 0.15) is 42.2 Å². The number of hydrogen-bond acceptors (Lipinski definition) is 5. The first-order valence-corrected chi connectivity index (χ1v) is 11.4. The Morgan fingerprint density at radius 3 is 2.69 bits per heavy atom. The Morgan fingerprint density at radius 1 is 1.28 bits per heavy atom. The fourth-order valence-corrected chi connectivity index (χ4v) is 3.50. The van der Waals surface area contributed by atoms with Crippen LogP contribution in [-0.2, 0) is 9.84 Å². The molecule has 1 amide bonds. The first-order chi connectivity index (χ1) is 13.8. The maximum absolute atomic E-state index is 12.8. The van der Waals surface area contributed by atoms with Crippen LogP contribution in [0.4, 0.5) is 0 Å². The molecule has 0 radical (unpaired) electrons. The lowest BCUT2D eigenvalue weighted by Crippen LogP contribution is -2.31. The number of nitrogens with one attached hydrogen (secondary N) is 1. The number of para-hydroxylation sites is 1. The van der Waals surface area contributed by atoms with Gasteiger partial charge in [0, 0.05) is 30.0 Å². The Kier molecular flexibility index (Phi) is 6.49. The van der Waals surface area contributed by atoms with Gasteiger partial charge in [0.1, 0.15) is 17.1 Å². The summed E-state index contributed by atoms with van der Waals surface area (Å²) in [4.78, 5) is 17.2. The SMILES string of the molecule is CC(C=CS(C)(=O)=O)NC(=O)c1cnc(C2=CCCC2)cc1Oc1ccccc1. The molecule has 1 aliphatic rings. The Morgan fingerprint density at radius 2 is 2.03 bits per heavy atom. The molecule has 2 aromatic rings. The molecule has 1 aliphatic carbocycles. The van der Waals surface area contributed by atoms with Gasteiger partial charge in [-0.25, -0.2) is 8.42 Å². The van der Waals surface area contributed by atoms with E-state index in [0.717, 1.165) is 42.2 Å². The first kappa shape index (κ1) is 20.8. The molecule has 29 heavy (non-hydrogen) atoms. The number of carbonyl (C=O) groups excluding carboxylic acids is 1. The van der Waals surface area contributed by atoms with E-state index in [9.17, 15) is 13.2 Å². The highest BCUT2D eigenvalue weighted by Gasteiger charge is 2.18. The largest absolute Gasteiger partial charge is 0.456 e. The van der Waals surface area contributed by atoms with E-state index in [2.05, 4.69) is 16.4 Å². The van der Waals surface area contributed by atoms with Crippen LogP contribution in [0.2, 0.25) is 0 Å². The van der Waals surface area contributed by atoms with E-state index in [-0.39, 0.29) is 11.5 Å². The van der Waals surface area contributed by atoms with Crippen molar-refractivity contribution in [3.05, 3.63) is 71.4 Å². The van der Waals surface area contributed by atoms with Crippen LogP contribution in [0.5, 0.6) is 11.5 Å². The van der Waals surface area contributed by atoms with Crippen molar-refractivity contribution in [2.45, 2.75) is 32.2 Å². The van der Waals surface area contributed by atoms with Gasteiger partial charge in [-0.3, -0.25) is 9.78 Å². The average Bonchev–Trinajstić information content (AvgIpc) is 3.21. The normalized spacial score (nSPS) is 15.2. The second kappa shape index (κ2) is 9.05. The molecule has 7 heteroatoms. The van der Waals surface area contributed by atoms with Crippen LogP contribution in [0, 0.1) is 0 Å². The second-order valence-electron chi connectivity index (χ2n) is 7.02. The fourth-order valence-electron chi connectivity index (χ4n) is 2.98. The lowest BCUT2D eigenvalue weighted by molar-refractivity contribution is 0.0944. The number of pyridine rings is 1. The Labute approximate surface area is 171 Å². The van der Waals surface area contributed by atoms with Gasteiger partial charge in [-0.1, -0.05) is 30.4 Å². The fraction of sp³-hybridized carbons (Fsp3) is 0.273. The summed E-state index contributed by atoms with van der Waals surface area (Å²) in [6.45, 7) is 1.70. The summed E-state index contributed by atoms with van der Waals surface area (Å²) >= 11 is 0. The average molecular weight is 413 g/mol. The molecule has 0 bridgehead atoms. The van der Waals surface area contributed by atoms with Gasteiger partial charge < -0.3 is 10.1 Å². The quantitative estimate of drug-likeness (QED) is 0.739. The van der Waals surface area contributed by atoms with Crippen molar-refractivity contribution in [1.29, 1.82) is 0 Å². The van der Waals surface area contributed by atoms with Crippen LogP contribution < -0.4 is 10.1 Å². The molecule has 1 aromatic carbocycles. The Hall–Kier alpha value is -2.93. The van der Waals surface area contributed by atoms with E-state index >= 15 is 0 Å². The monoisotopic (exact) mass is 412 g/mol.